The first-order chi connectivity index (χ1) is 15.1. The fourth-order valence-corrected chi connectivity index (χ4v) is 3.19. The molecular formula is C20H26N4O7S. The Kier molecular flexibility index (Phi) is 11.1. The standard InChI is InChI=1S/C19H26N4O5S.CO2/c1-3-5-6-16-20-17(13-14-7-9-15(10-8-14)29(26,27)28)22-19(21-16)23(4-2)12-11-18(24)25;2-1-3/h7-10H,3-6,11-13H2,1-2H3,(H,24,25)(H,26,27,28);. The van der Waals surface area contributed by atoms with Crippen molar-refractivity contribution in [1.82, 2.24) is 15.0 Å². The van der Waals surface area contributed by atoms with Gasteiger partial charge in [-0.3, -0.25) is 9.35 Å². The molecule has 0 spiro atoms. The minimum absolute atomic E-state index is 0.0176. The van der Waals surface area contributed by atoms with E-state index in [0.717, 1.165) is 18.4 Å². The number of carbonyl (C=O) groups excluding carboxylic acids is 2. The van der Waals surface area contributed by atoms with Crippen molar-refractivity contribution in [3.63, 3.8) is 0 Å². The lowest BCUT2D eigenvalue weighted by Gasteiger charge is -2.21. The topological polar surface area (TPSA) is 168 Å². The summed E-state index contributed by atoms with van der Waals surface area (Å²) < 4.78 is 31.5. The maximum Gasteiger partial charge on any atom is 0.373 e. The summed E-state index contributed by atoms with van der Waals surface area (Å²) in [5.74, 6) is 0.729. The number of unbranched alkanes of at least 4 members (excludes halogenated alkanes) is 1. The minimum Gasteiger partial charge on any atom is -0.481 e. The first kappa shape index (κ1) is 26.8. The summed E-state index contributed by atoms with van der Waals surface area (Å²) in [5.41, 5.74) is 0.782. The van der Waals surface area contributed by atoms with Gasteiger partial charge < -0.3 is 10.0 Å². The van der Waals surface area contributed by atoms with Crippen molar-refractivity contribution in [2.45, 2.75) is 50.8 Å². The Labute approximate surface area is 186 Å². The Balaban J connectivity index is 0.00000161. The predicted octanol–water partition coefficient (Wildman–Crippen LogP) is 1.77. The molecule has 11 nitrogen and oxygen atoms in total. The van der Waals surface area contributed by atoms with E-state index >= 15 is 0 Å². The maximum atomic E-state index is 11.2. The Morgan fingerprint density at radius 1 is 1.06 bits per heavy atom. The number of aromatic nitrogens is 3. The lowest BCUT2D eigenvalue weighted by atomic mass is 10.1. The van der Waals surface area contributed by atoms with Crippen molar-refractivity contribution in [2.75, 3.05) is 18.0 Å². The van der Waals surface area contributed by atoms with E-state index in [0.29, 0.717) is 43.5 Å². The monoisotopic (exact) mass is 466 g/mol. The number of aliphatic carboxylic acids is 1. The number of hydrogen-bond donors (Lipinski definition) is 2. The number of hydrogen-bond acceptors (Lipinski definition) is 9. The van der Waals surface area contributed by atoms with Crippen LogP contribution in [0.4, 0.5) is 5.95 Å². The number of nitrogens with zero attached hydrogens (tertiary/aromatic N) is 4. The van der Waals surface area contributed by atoms with Crippen LogP contribution in [-0.4, -0.2) is 58.2 Å². The van der Waals surface area contributed by atoms with Crippen molar-refractivity contribution in [3.8, 4) is 0 Å². The molecule has 1 heterocycles. The predicted molar refractivity (Wildman–Crippen MR) is 113 cm³/mol. The molecule has 0 bridgehead atoms. The summed E-state index contributed by atoms with van der Waals surface area (Å²) in [7, 11) is -4.24. The highest BCUT2D eigenvalue weighted by Gasteiger charge is 2.15. The summed E-state index contributed by atoms with van der Waals surface area (Å²) in [4.78, 5) is 42.3. The molecule has 1 aromatic carbocycles. The first-order valence-electron chi connectivity index (χ1n) is 9.90. The number of aryl methyl sites for hydroxylation is 1. The van der Waals surface area contributed by atoms with Crippen LogP contribution >= 0.6 is 0 Å². The Morgan fingerprint density at radius 3 is 2.16 bits per heavy atom. The van der Waals surface area contributed by atoms with Crippen LogP contribution in [0, 0.1) is 0 Å². The van der Waals surface area contributed by atoms with Crippen LogP contribution < -0.4 is 4.90 Å². The first-order valence-corrected chi connectivity index (χ1v) is 11.3. The zero-order chi connectivity index (χ0) is 24.1. The van der Waals surface area contributed by atoms with Crippen LogP contribution in [0.1, 0.15) is 50.3 Å². The van der Waals surface area contributed by atoms with Crippen LogP contribution in [0.25, 0.3) is 0 Å². The Morgan fingerprint density at radius 2 is 1.66 bits per heavy atom. The molecule has 0 saturated carbocycles. The van der Waals surface area contributed by atoms with Crippen LogP contribution in [0.15, 0.2) is 29.2 Å². The molecule has 2 rings (SSSR count). The summed E-state index contributed by atoms with van der Waals surface area (Å²) in [6.45, 7) is 4.84. The molecule has 2 N–H and O–H groups in total. The highest BCUT2D eigenvalue weighted by Crippen LogP contribution is 2.15. The normalized spacial score (nSPS) is 10.6. The van der Waals surface area contributed by atoms with Gasteiger partial charge in [-0.15, -0.1) is 0 Å². The van der Waals surface area contributed by atoms with Gasteiger partial charge in [0.1, 0.15) is 11.6 Å². The van der Waals surface area contributed by atoms with Gasteiger partial charge in [0.2, 0.25) is 5.95 Å². The molecule has 1 aromatic heterocycles. The van der Waals surface area contributed by atoms with E-state index in [4.69, 9.17) is 19.2 Å². The highest BCUT2D eigenvalue weighted by atomic mass is 32.2. The van der Waals surface area contributed by atoms with E-state index in [1.54, 1.807) is 17.0 Å². The fraction of sp³-hybridized carbons (Fsp3) is 0.450. The highest BCUT2D eigenvalue weighted by molar-refractivity contribution is 7.85. The SMILES string of the molecule is CCCCc1nc(Cc2ccc(S(=O)(=O)O)cc2)nc(N(CC)CCC(=O)O)n1.O=C=O. The summed E-state index contributed by atoms with van der Waals surface area (Å²) in [6.07, 6.45) is 3.20. The second-order valence-corrected chi connectivity index (χ2v) is 8.10. The molecule has 0 atom stereocenters. The zero-order valence-electron chi connectivity index (χ0n) is 17.9. The van der Waals surface area contributed by atoms with Gasteiger partial charge in [0.05, 0.1) is 11.3 Å². The molecule has 0 unspecified atom stereocenters. The van der Waals surface area contributed by atoms with Gasteiger partial charge in [0, 0.05) is 25.9 Å². The van der Waals surface area contributed by atoms with Crippen molar-refractivity contribution in [2.24, 2.45) is 0 Å². The van der Waals surface area contributed by atoms with Crippen LogP contribution in [-0.2, 0) is 37.3 Å². The Bertz CT molecular complexity index is 1020. The van der Waals surface area contributed by atoms with Crippen LogP contribution in [0.5, 0.6) is 0 Å². The zero-order valence-corrected chi connectivity index (χ0v) is 18.7. The summed E-state index contributed by atoms with van der Waals surface area (Å²) >= 11 is 0. The molecule has 0 amide bonds. The van der Waals surface area contributed by atoms with Gasteiger partial charge in [0.15, 0.2) is 0 Å². The maximum absolute atomic E-state index is 11.2. The third-order valence-electron chi connectivity index (χ3n) is 4.31. The van der Waals surface area contributed by atoms with E-state index in [2.05, 4.69) is 21.9 Å². The van der Waals surface area contributed by atoms with Crippen LogP contribution in [0.3, 0.4) is 0 Å². The van der Waals surface area contributed by atoms with Gasteiger partial charge in [-0.25, -0.2) is 4.98 Å². The second kappa shape index (κ2) is 13.3. The third kappa shape index (κ3) is 9.29. The molecule has 2 aromatic rings. The van der Waals surface area contributed by atoms with E-state index in [-0.39, 0.29) is 17.5 Å². The number of carboxylic acids is 1. The molecule has 174 valence electrons. The lowest BCUT2D eigenvalue weighted by Crippen LogP contribution is -2.28. The number of carbonyl (C=O) groups is 1. The molecular weight excluding hydrogens is 440 g/mol. The average Bonchev–Trinajstić information content (AvgIpc) is 2.73. The van der Waals surface area contributed by atoms with Gasteiger partial charge in [0.25, 0.3) is 10.1 Å². The largest absolute Gasteiger partial charge is 0.481 e. The summed E-state index contributed by atoms with van der Waals surface area (Å²) in [6, 6.07) is 5.85. The van der Waals surface area contributed by atoms with Crippen LogP contribution in [0.2, 0.25) is 0 Å². The van der Waals surface area contributed by atoms with E-state index in [1.807, 2.05) is 6.92 Å². The van der Waals surface area contributed by atoms with Crippen molar-refractivity contribution >= 4 is 28.2 Å². The quantitative estimate of drug-likeness (QED) is 0.463. The number of carboxylic acid groups (broad SMARTS) is 1. The van der Waals surface area contributed by atoms with E-state index < -0.39 is 16.1 Å². The number of anilines is 1. The molecule has 12 heteroatoms. The average molecular weight is 467 g/mol. The second-order valence-electron chi connectivity index (χ2n) is 6.67. The van der Waals surface area contributed by atoms with Crippen molar-refractivity contribution < 1.29 is 32.5 Å². The van der Waals surface area contributed by atoms with E-state index in [9.17, 15) is 13.2 Å². The lowest BCUT2D eigenvalue weighted by molar-refractivity contribution is -0.191. The molecule has 0 aliphatic carbocycles. The van der Waals surface area contributed by atoms with Gasteiger partial charge >= 0.3 is 12.1 Å². The molecule has 32 heavy (non-hydrogen) atoms. The molecule has 0 saturated heterocycles. The number of rotatable bonds is 11. The minimum atomic E-state index is -4.24. The Hall–Kier alpha value is -3.21. The summed E-state index contributed by atoms with van der Waals surface area (Å²) in [5, 5.41) is 8.96. The van der Waals surface area contributed by atoms with Gasteiger partial charge in [-0.1, -0.05) is 25.5 Å². The fourth-order valence-electron chi connectivity index (χ4n) is 2.71. The molecule has 0 fully saturated rings. The number of benzene rings is 1. The van der Waals surface area contributed by atoms with Gasteiger partial charge in [-0.05, 0) is 31.0 Å². The smallest absolute Gasteiger partial charge is 0.373 e. The third-order valence-corrected chi connectivity index (χ3v) is 5.18. The molecule has 0 radical (unpaired) electrons. The van der Waals surface area contributed by atoms with Crippen molar-refractivity contribution in [1.29, 1.82) is 0 Å². The van der Waals surface area contributed by atoms with Crippen molar-refractivity contribution in [3.05, 3.63) is 41.5 Å². The van der Waals surface area contributed by atoms with Gasteiger partial charge in [-0.2, -0.15) is 28.0 Å². The van der Waals surface area contributed by atoms with E-state index in [1.165, 1.54) is 12.1 Å². The molecule has 0 aliphatic rings. The molecule has 0 aliphatic heterocycles.